The third-order valence-electron chi connectivity index (χ3n) is 1.25. The average molecular weight is 160 g/mol. The van der Waals surface area contributed by atoms with Gasteiger partial charge in [0.2, 0.25) is 0 Å². The van der Waals surface area contributed by atoms with Gasteiger partial charge in [-0.05, 0) is 0 Å². The SMILES string of the molecule is C#CCN1CCNS1(=O)=O. The Morgan fingerprint density at radius 2 is 2.40 bits per heavy atom. The fourth-order valence-electron chi connectivity index (χ4n) is 0.777. The highest BCUT2D eigenvalue weighted by Crippen LogP contribution is 2.01. The lowest BCUT2D eigenvalue weighted by atomic mass is 10.6. The maximum absolute atomic E-state index is 10.9. The molecule has 5 heteroatoms. The van der Waals surface area contributed by atoms with Crippen molar-refractivity contribution >= 4 is 10.2 Å². The van der Waals surface area contributed by atoms with Crippen LogP contribution in [-0.4, -0.2) is 32.4 Å². The topological polar surface area (TPSA) is 49.4 Å². The summed E-state index contributed by atoms with van der Waals surface area (Å²) in [5, 5.41) is 0. The van der Waals surface area contributed by atoms with Gasteiger partial charge in [0.15, 0.2) is 0 Å². The standard InChI is InChI=1S/C5H8N2O2S/c1-2-4-7-5-3-6-10(7,8)9/h1,6H,3-5H2. The van der Waals surface area contributed by atoms with E-state index in [4.69, 9.17) is 6.42 Å². The van der Waals surface area contributed by atoms with E-state index in [2.05, 4.69) is 10.6 Å². The summed E-state index contributed by atoms with van der Waals surface area (Å²) in [6.07, 6.45) is 4.95. The third-order valence-corrected chi connectivity index (χ3v) is 2.81. The van der Waals surface area contributed by atoms with Crippen LogP contribution in [0.15, 0.2) is 0 Å². The molecule has 1 saturated heterocycles. The Morgan fingerprint density at radius 3 is 2.80 bits per heavy atom. The molecule has 1 N–H and O–H groups in total. The van der Waals surface area contributed by atoms with Gasteiger partial charge in [-0.15, -0.1) is 6.42 Å². The highest BCUT2D eigenvalue weighted by molar-refractivity contribution is 7.87. The average Bonchev–Trinajstić information content (AvgIpc) is 2.13. The smallest absolute Gasteiger partial charge is 0.201 e. The number of hydrogen-bond acceptors (Lipinski definition) is 2. The lowest BCUT2D eigenvalue weighted by molar-refractivity contribution is 0.488. The molecule has 4 nitrogen and oxygen atoms in total. The first-order valence-electron chi connectivity index (χ1n) is 2.85. The zero-order valence-electron chi connectivity index (χ0n) is 5.37. The molecule has 1 aliphatic rings. The zero-order chi connectivity index (χ0) is 7.61. The Kier molecular flexibility index (Phi) is 1.94. The van der Waals surface area contributed by atoms with Crippen molar-refractivity contribution in [1.82, 2.24) is 9.03 Å². The molecule has 0 atom stereocenters. The van der Waals surface area contributed by atoms with Gasteiger partial charge in [0.05, 0.1) is 6.54 Å². The van der Waals surface area contributed by atoms with Crippen LogP contribution < -0.4 is 4.72 Å². The van der Waals surface area contributed by atoms with E-state index in [1.54, 1.807) is 0 Å². The van der Waals surface area contributed by atoms with Crippen LogP contribution in [-0.2, 0) is 10.2 Å². The first-order chi connectivity index (χ1) is 4.67. The Morgan fingerprint density at radius 1 is 1.70 bits per heavy atom. The van der Waals surface area contributed by atoms with Crippen LogP contribution in [0.4, 0.5) is 0 Å². The third kappa shape index (κ3) is 1.29. The van der Waals surface area contributed by atoms with E-state index in [0.29, 0.717) is 13.1 Å². The highest BCUT2D eigenvalue weighted by atomic mass is 32.2. The Balaban J connectivity index is 2.72. The second kappa shape index (κ2) is 2.58. The first-order valence-corrected chi connectivity index (χ1v) is 4.29. The number of rotatable bonds is 1. The Bertz CT molecular complexity index is 251. The minimum atomic E-state index is -3.21. The van der Waals surface area contributed by atoms with Crippen molar-refractivity contribution < 1.29 is 8.42 Å². The van der Waals surface area contributed by atoms with Gasteiger partial charge in [-0.1, -0.05) is 5.92 Å². The molecular formula is C5H8N2O2S. The number of nitrogens with zero attached hydrogens (tertiary/aromatic N) is 1. The summed E-state index contributed by atoms with van der Waals surface area (Å²) < 4.78 is 25.3. The van der Waals surface area contributed by atoms with Crippen LogP contribution in [0, 0.1) is 12.3 Å². The van der Waals surface area contributed by atoms with Crippen LogP contribution >= 0.6 is 0 Å². The van der Waals surface area contributed by atoms with E-state index < -0.39 is 10.2 Å². The summed E-state index contributed by atoms with van der Waals surface area (Å²) in [7, 11) is -3.21. The highest BCUT2D eigenvalue weighted by Gasteiger charge is 2.26. The quantitative estimate of drug-likeness (QED) is 0.488. The molecule has 0 aliphatic carbocycles. The molecule has 0 aromatic rings. The molecule has 0 bridgehead atoms. The summed E-state index contributed by atoms with van der Waals surface area (Å²) in [5.41, 5.74) is 0. The van der Waals surface area contributed by atoms with E-state index in [-0.39, 0.29) is 6.54 Å². The first kappa shape index (κ1) is 7.54. The Hall–Kier alpha value is -0.570. The molecule has 1 rings (SSSR count). The molecule has 1 heterocycles. The van der Waals surface area contributed by atoms with Gasteiger partial charge in [-0.2, -0.15) is 12.7 Å². The molecule has 0 radical (unpaired) electrons. The second-order valence-corrected chi connectivity index (χ2v) is 3.69. The minimum Gasteiger partial charge on any atom is -0.201 e. The van der Waals surface area contributed by atoms with Gasteiger partial charge < -0.3 is 0 Å². The molecule has 0 saturated carbocycles. The van der Waals surface area contributed by atoms with Crippen molar-refractivity contribution in [3.63, 3.8) is 0 Å². The van der Waals surface area contributed by atoms with Crippen LogP contribution in [0.5, 0.6) is 0 Å². The maximum Gasteiger partial charge on any atom is 0.280 e. The summed E-state index contributed by atoms with van der Waals surface area (Å²) in [6.45, 7) is 1.10. The van der Waals surface area contributed by atoms with Crippen molar-refractivity contribution in [2.45, 2.75) is 0 Å². The van der Waals surface area contributed by atoms with Crippen LogP contribution in [0.2, 0.25) is 0 Å². The molecule has 0 unspecified atom stereocenters. The normalized spacial score (nSPS) is 24.3. The molecule has 1 fully saturated rings. The van der Waals surface area contributed by atoms with Gasteiger partial charge in [0.25, 0.3) is 10.2 Å². The number of hydrogen-bond donors (Lipinski definition) is 1. The van der Waals surface area contributed by atoms with Gasteiger partial charge in [0.1, 0.15) is 0 Å². The molecule has 56 valence electrons. The van der Waals surface area contributed by atoms with Crippen molar-refractivity contribution in [3.05, 3.63) is 0 Å². The zero-order valence-corrected chi connectivity index (χ0v) is 6.19. The number of nitrogens with one attached hydrogen (secondary N) is 1. The molecule has 0 aromatic carbocycles. The summed E-state index contributed by atoms with van der Waals surface area (Å²) in [5.74, 6) is 2.27. The summed E-state index contributed by atoms with van der Waals surface area (Å²) in [6, 6.07) is 0. The summed E-state index contributed by atoms with van der Waals surface area (Å²) in [4.78, 5) is 0. The predicted octanol–water partition coefficient (Wildman–Crippen LogP) is -1.23. The fraction of sp³-hybridized carbons (Fsp3) is 0.600. The lowest BCUT2D eigenvalue weighted by Gasteiger charge is -2.07. The molecule has 0 spiro atoms. The molecule has 10 heavy (non-hydrogen) atoms. The predicted molar refractivity (Wildman–Crippen MR) is 37.3 cm³/mol. The monoisotopic (exact) mass is 160 g/mol. The van der Waals surface area contributed by atoms with E-state index in [9.17, 15) is 8.42 Å². The molecular weight excluding hydrogens is 152 g/mol. The van der Waals surface area contributed by atoms with Gasteiger partial charge in [-0.3, -0.25) is 0 Å². The Labute approximate surface area is 60.4 Å². The van der Waals surface area contributed by atoms with Crippen LogP contribution in [0.1, 0.15) is 0 Å². The van der Waals surface area contributed by atoms with E-state index in [1.165, 1.54) is 4.31 Å². The van der Waals surface area contributed by atoms with E-state index >= 15 is 0 Å². The maximum atomic E-state index is 10.9. The van der Waals surface area contributed by atoms with Crippen molar-refractivity contribution in [1.29, 1.82) is 0 Å². The molecule has 0 aromatic heterocycles. The van der Waals surface area contributed by atoms with Gasteiger partial charge in [0, 0.05) is 13.1 Å². The minimum absolute atomic E-state index is 0.162. The van der Waals surface area contributed by atoms with E-state index in [1.807, 2.05) is 0 Å². The number of terminal acetylenes is 1. The second-order valence-electron chi connectivity index (χ2n) is 1.94. The van der Waals surface area contributed by atoms with E-state index in [0.717, 1.165) is 0 Å². The van der Waals surface area contributed by atoms with Crippen molar-refractivity contribution in [2.24, 2.45) is 0 Å². The molecule has 1 aliphatic heterocycles. The lowest BCUT2D eigenvalue weighted by Crippen LogP contribution is -2.29. The van der Waals surface area contributed by atoms with Crippen molar-refractivity contribution in [3.8, 4) is 12.3 Å². The van der Waals surface area contributed by atoms with Crippen LogP contribution in [0.25, 0.3) is 0 Å². The molecule has 0 amide bonds. The van der Waals surface area contributed by atoms with Gasteiger partial charge in [-0.25, -0.2) is 4.72 Å². The van der Waals surface area contributed by atoms with Crippen molar-refractivity contribution in [2.75, 3.05) is 19.6 Å². The largest absolute Gasteiger partial charge is 0.280 e. The fourth-order valence-corrected chi connectivity index (χ4v) is 1.88. The van der Waals surface area contributed by atoms with Crippen LogP contribution in [0.3, 0.4) is 0 Å². The summed E-state index contributed by atoms with van der Waals surface area (Å²) >= 11 is 0. The van der Waals surface area contributed by atoms with Gasteiger partial charge >= 0.3 is 0 Å².